The summed E-state index contributed by atoms with van der Waals surface area (Å²) in [4.78, 5) is 7.95. The summed E-state index contributed by atoms with van der Waals surface area (Å²) in [5.41, 5.74) is 8.40. The molecule has 0 radical (unpaired) electrons. The van der Waals surface area contributed by atoms with E-state index in [1.807, 2.05) is 48.7 Å². The number of pyridine rings is 2. The Bertz CT molecular complexity index is 1730. The molecule has 57 heavy (non-hydrogen) atoms. The number of halogens is 4. The highest BCUT2D eigenvalue weighted by Crippen LogP contribution is 2.30. The van der Waals surface area contributed by atoms with Gasteiger partial charge in [-0.25, -0.2) is 0 Å². The predicted octanol–water partition coefficient (Wildman–Crippen LogP) is 17.9. The zero-order chi connectivity index (χ0) is 42.4. The highest BCUT2D eigenvalue weighted by Gasteiger charge is 2.18. The molecule has 5 rings (SSSR count). The van der Waals surface area contributed by atoms with Gasteiger partial charge in [-0.1, -0.05) is 225 Å². The second kappa shape index (κ2) is 24.3. The fourth-order valence-corrected chi connectivity index (χ4v) is 6.38. The standard InChI is InChI=1S/C11H16.2C10H13Cl.2C9H12ClN.2CH4/c1-9-6-5-7-10(8-9)11(2,3)4;1-10(2,3)8-4-6-9(11)7-5-8;1-10(2,3)8-6-4-5-7-9(8)11;1-9(2,3)7-6-11-5-4-8(7)10;1-9(2,3)7-4-5-11-6-8(7)10;;/h5-8H,1-4H3;2*4-7H,1-3H3;2*4-6H,1-3H3;2*1H4. The van der Waals surface area contributed by atoms with Crippen molar-refractivity contribution in [1.82, 2.24) is 9.97 Å². The Morgan fingerprint density at radius 2 is 0.825 bits per heavy atom. The zero-order valence-corrected chi connectivity index (χ0v) is 39.3. The molecule has 0 N–H and O–H groups in total. The molecule has 0 atom stereocenters. The summed E-state index contributed by atoms with van der Waals surface area (Å²) >= 11 is 23.7. The minimum Gasteiger partial charge on any atom is -0.264 e. The van der Waals surface area contributed by atoms with Crippen molar-refractivity contribution >= 4 is 46.4 Å². The first-order valence-electron chi connectivity index (χ1n) is 18.8. The third-order valence-electron chi connectivity index (χ3n) is 8.43. The topological polar surface area (TPSA) is 25.8 Å². The van der Waals surface area contributed by atoms with Gasteiger partial charge in [-0.3, -0.25) is 9.97 Å². The lowest BCUT2D eigenvalue weighted by Crippen LogP contribution is -2.11. The maximum atomic E-state index is 6.01. The molecule has 2 heterocycles. The van der Waals surface area contributed by atoms with Crippen LogP contribution < -0.4 is 0 Å². The van der Waals surface area contributed by atoms with E-state index in [-0.39, 0.29) is 41.9 Å². The van der Waals surface area contributed by atoms with Crippen LogP contribution in [-0.2, 0) is 27.1 Å². The van der Waals surface area contributed by atoms with Gasteiger partial charge in [-0.2, -0.15) is 0 Å². The Morgan fingerprint density at radius 1 is 0.386 bits per heavy atom. The van der Waals surface area contributed by atoms with Crippen molar-refractivity contribution in [2.75, 3.05) is 0 Å². The quantitative estimate of drug-likeness (QED) is 0.155. The van der Waals surface area contributed by atoms with Crippen LogP contribution in [0.2, 0.25) is 20.1 Å². The number of benzene rings is 3. The maximum Gasteiger partial charge on any atom is 0.0626 e. The van der Waals surface area contributed by atoms with Crippen molar-refractivity contribution < 1.29 is 0 Å². The lowest BCUT2D eigenvalue weighted by Gasteiger charge is -2.19. The van der Waals surface area contributed by atoms with Gasteiger partial charge in [0, 0.05) is 39.9 Å². The largest absolute Gasteiger partial charge is 0.264 e. The maximum absolute atomic E-state index is 6.01. The minimum absolute atomic E-state index is 0. The van der Waals surface area contributed by atoms with E-state index in [0.29, 0.717) is 0 Å². The first-order chi connectivity index (χ1) is 25.0. The summed E-state index contributed by atoms with van der Waals surface area (Å²) in [7, 11) is 0. The van der Waals surface area contributed by atoms with E-state index in [2.05, 4.69) is 163 Å². The molecule has 0 saturated heterocycles. The molecule has 0 unspecified atom stereocenters. The molecule has 6 heteroatoms. The van der Waals surface area contributed by atoms with Crippen LogP contribution in [0.25, 0.3) is 0 Å². The molecule has 316 valence electrons. The van der Waals surface area contributed by atoms with Gasteiger partial charge in [-0.05, 0) is 92.1 Å². The van der Waals surface area contributed by atoms with E-state index < -0.39 is 0 Å². The third-order valence-corrected chi connectivity index (χ3v) is 9.64. The number of aryl methyl sites for hydroxylation is 1. The van der Waals surface area contributed by atoms with Crippen LogP contribution in [0, 0.1) is 6.92 Å². The summed E-state index contributed by atoms with van der Waals surface area (Å²) in [6, 6.07) is 28.5. The zero-order valence-electron chi connectivity index (χ0n) is 36.3. The van der Waals surface area contributed by atoms with Gasteiger partial charge in [0.1, 0.15) is 0 Å². The number of rotatable bonds is 0. The Hall–Kier alpha value is -2.88. The van der Waals surface area contributed by atoms with E-state index in [1.54, 1.807) is 18.6 Å². The van der Waals surface area contributed by atoms with E-state index in [1.165, 1.54) is 22.3 Å². The lowest BCUT2D eigenvalue weighted by atomic mass is 9.86. The summed E-state index contributed by atoms with van der Waals surface area (Å²) in [5, 5.41) is 3.21. The number of aromatic nitrogens is 2. The van der Waals surface area contributed by atoms with Crippen LogP contribution in [0.1, 0.15) is 152 Å². The molecule has 0 spiro atoms. The molecule has 0 aliphatic rings. The molecule has 5 aromatic rings. The summed E-state index contributed by atoms with van der Waals surface area (Å²) in [6.07, 6.45) is 6.98. The highest BCUT2D eigenvalue weighted by molar-refractivity contribution is 6.32. The van der Waals surface area contributed by atoms with Gasteiger partial charge >= 0.3 is 0 Å². The molecule has 2 nitrogen and oxygen atoms in total. The molecule has 0 saturated carbocycles. The normalized spacial score (nSPS) is 11.2. The fourth-order valence-electron chi connectivity index (χ4n) is 5.04. The van der Waals surface area contributed by atoms with E-state index in [0.717, 1.165) is 31.2 Å². The van der Waals surface area contributed by atoms with Gasteiger partial charge in [0.05, 0.1) is 5.02 Å². The van der Waals surface area contributed by atoms with Crippen LogP contribution in [-0.4, -0.2) is 9.97 Å². The van der Waals surface area contributed by atoms with Gasteiger partial charge in [0.15, 0.2) is 0 Å². The van der Waals surface area contributed by atoms with E-state index in [4.69, 9.17) is 46.4 Å². The SMILES string of the molecule is C.C.CC(C)(C)c1ccc(Cl)cc1.CC(C)(C)c1ccccc1Cl.CC(C)(C)c1ccncc1Cl.CC(C)(C)c1cnccc1Cl.Cc1cccc(C(C)(C)C)c1. The molecule has 2 aromatic heterocycles. The van der Waals surface area contributed by atoms with Crippen molar-refractivity contribution in [2.24, 2.45) is 0 Å². The van der Waals surface area contributed by atoms with Crippen LogP contribution in [0.15, 0.2) is 110 Å². The second-order valence-electron chi connectivity index (χ2n) is 18.8. The van der Waals surface area contributed by atoms with Crippen LogP contribution >= 0.6 is 46.4 Å². The Kier molecular flexibility index (Phi) is 23.9. The molecular weight excluding hydrogens is 782 g/mol. The highest BCUT2D eigenvalue weighted by atomic mass is 35.5. The Balaban J connectivity index is 0. The Labute approximate surface area is 370 Å². The minimum atomic E-state index is 0. The molecule has 0 fully saturated rings. The van der Waals surface area contributed by atoms with E-state index in [9.17, 15) is 0 Å². The van der Waals surface area contributed by atoms with Crippen molar-refractivity contribution in [3.8, 4) is 0 Å². The summed E-state index contributed by atoms with van der Waals surface area (Å²) < 4.78 is 0. The molecule has 0 bridgehead atoms. The van der Waals surface area contributed by atoms with Crippen molar-refractivity contribution in [2.45, 2.75) is 153 Å². The molecule has 3 aromatic carbocycles. The first-order valence-corrected chi connectivity index (χ1v) is 20.3. The fraction of sp³-hybridized carbons (Fsp3) is 0.451. The number of hydrogen-bond acceptors (Lipinski definition) is 2. The van der Waals surface area contributed by atoms with Crippen LogP contribution in [0.5, 0.6) is 0 Å². The van der Waals surface area contributed by atoms with Gasteiger partial charge < -0.3 is 0 Å². The Morgan fingerprint density at radius 3 is 1.18 bits per heavy atom. The van der Waals surface area contributed by atoms with Crippen molar-refractivity contribution in [3.63, 3.8) is 0 Å². The van der Waals surface area contributed by atoms with Gasteiger partial charge in [-0.15, -0.1) is 0 Å². The number of hydrogen-bond donors (Lipinski definition) is 0. The molecule has 0 amide bonds. The molecule has 0 aliphatic carbocycles. The first kappa shape index (κ1) is 56.2. The van der Waals surface area contributed by atoms with Gasteiger partial charge in [0.25, 0.3) is 0 Å². The van der Waals surface area contributed by atoms with Crippen molar-refractivity contribution in [1.29, 1.82) is 0 Å². The monoisotopic (exact) mass is 854 g/mol. The average Bonchev–Trinajstić information content (AvgIpc) is 3.04. The molecule has 0 aliphatic heterocycles. The predicted molar refractivity (Wildman–Crippen MR) is 260 cm³/mol. The smallest absolute Gasteiger partial charge is 0.0626 e. The van der Waals surface area contributed by atoms with Crippen LogP contribution in [0.3, 0.4) is 0 Å². The summed E-state index contributed by atoms with van der Waals surface area (Å²) in [5.74, 6) is 0. The van der Waals surface area contributed by atoms with E-state index >= 15 is 0 Å². The van der Waals surface area contributed by atoms with Gasteiger partial charge in [0.2, 0.25) is 0 Å². The van der Waals surface area contributed by atoms with Crippen LogP contribution in [0.4, 0.5) is 0 Å². The summed E-state index contributed by atoms with van der Waals surface area (Å²) in [6.45, 7) is 34.7. The molecular formula is C51H74Cl4N2. The van der Waals surface area contributed by atoms with Crippen molar-refractivity contribution in [3.05, 3.63) is 163 Å². The number of nitrogens with zero attached hydrogens (tertiary/aromatic N) is 2. The third kappa shape index (κ3) is 21.6. The lowest BCUT2D eigenvalue weighted by molar-refractivity contribution is 0.587. The second-order valence-corrected chi connectivity index (χ2v) is 20.5. The average molecular weight is 857 g/mol.